The lowest BCUT2D eigenvalue weighted by Gasteiger charge is -2.32. The Kier molecular flexibility index (Phi) is 2.08. The van der Waals surface area contributed by atoms with Crippen molar-refractivity contribution in [1.82, 2.24) is 4.90 Å². The normalized spacial score (nSPS) is 41.5. The molecule has 0 aromatic carbocycles. The topological polar surface area (TPSA) is 27.0 Å². The minimum absolute atomic E-state index is 0.0846. The molecule has 1 aliphatic carbocycles. The molecular weight excluding hydrogens is 160 g/mol. The van der Waals surface area contributed by atoms with Gasteiger partial charge >= 0.3 is 0 Å². The van der Waals surface area contributed by atoms with Gasteiger partial charge in [-0.3, -0.25) is 0 Å². The van der Waals surface area contributed by atoms with Gasteiger partial charge in [-0.2, -0.15) is 5.26 Å². The Hall–Kier alpha value is -0.550. The number of likely N-dealkylation sites (tertiary alicyclic amines) is 1. The summed E-state index contributed by atoms with van der Waals surface area (Å²) in [5.41, 5.74) is 0.0846. The summed E-state index contributed by atoms with van der Waals surface area (Å²) in [7, 11) is 2.17. The van der Waals surface area contributed by atoms with E-state index in [9.17, 15) is 5.26 Å². The van der Waals surface area contributed by atoms with Crippen molar-refractivity contribution in [2.24, 2.45) is 17.3 Å². The van der Waals surface area contributed by atoms with Crippen LogP contribution in [0, 0.1) is 28.6 Å². The second kappa shape index (κ2) is 2.99. The Bertz CT molecular complexity index is 235. The van der Waals surface area contributed by atoms with Gasteiger partial charge in [-0.05, 0) is 51.2 Å². The predicted octanol–water partition coefficient (Wildman–Crippen LogP) is 1.88. The Labute approximate surface area is 80.5 Å². The molecule has 0 aromatic rings. The van der Waals surface area contributed by atoms with E-state index in [-0.39, 0.29) is 5.41 Å². The van der Waals surface area contributed by atoms with Crippen molar-refractivity contribution in [1.29, 1.82) is 5.26 Å². The first-order valence-electron chi connectivity index (χ1n) is 5.29. The third-order valence-electron chi connectivity index (χ3n) is 4.02. The lowest BCUT2D eigenvalue weighted by Crippen LogP contribution is -2.34. The molecule has 1 saturated carbocycles. The molecule has 0 bridgehead atoms. The molecule has 2 unspecified atom stereocenters. The van der Waals surface area contributed by atoms with Crippen LogP contribution in [0.2, 0.25) is 0 Å². The second-order valence-electron chi connectivity index (χ2n) is 4.83. The van der Waals surface area contributed by atoms with Crippen LogP contribution in [-0.2, 0) is 0 Å². The summed E-state index contributed by atoms with van der Waals surface area (Å²) in [6.45, 7) is 4.59. The highest BCUT2D eigenvalue weighted by Crippen LogP contribution is 2.59. The molecule has 1 heterocycles. The maximum Gasteiger partial charge on any atom is 0.0695 e. The third kappa shape index (κ3) is 1.36. The summed E-state index contributed by atoms with van der Waals surface area (Å²) < 4.78 is 0. The molecule has 0 N–H and O–H groups in total. The Morgan fingerprint density at radius 2 is 1.92 bits per heavy atom. The van der Waals surface area contributed by atoms with Gasteiger partial charge in [0.05, 0.1) is 11.5 Å². The zero-order valence-electron chi connectivity index (χ0n) is 8.58. The zero-order valence-corrected chi connectivity index (χ0v) is 8.58. The van der Waals surface area contributed by atoms with Crippen LogP contribution in [0.5, 0.6) is 0 Å². The fraction of sp³-hybridized carbons (Fsp3) is 0.909. The summed E-state index contributed by atoms with van der Waals surface area (Å²) in [5, 5.41) is 9.18. The summed E-state index contributed by atoms with van der Waals surface area (Å²) in [6.07, 6.45) is 3.61. The van der Waals surface area contributed by atoms with E-state index in [1.807, 2.05) is 0 Å². The van der Waals surface area contributed by atoms with Gasteiger partial charge in [-0.1, -0.05) is 6.92 Å². The van der Waals surface area contributed by atoms with E-state index in [0.717, 1.165) is 6.42 Å². The van der Waals surface area contributed by atoms with E-state index in [4.69, 9.17) is 0 Å². The second-order valence-corrected chi connectivity index (χ2v) is 4.83. The number of nitriles is 1. The van der Waals surface area contributed by atoms with Crippen molar-refractivity contribution in [2.45, 2.75) is 26.2 Å². The van der Waals surface area contributed by atoms with Crippen LogP contribution in [0.3, 0.4) is 0 Å². The minimum atomic E-state index is 0.0846. The number of nitrogens with zero attached hydrogens (tertiary/aromatic N) is 2. The van der Waals surface area contributed by atoms with E-state index in [1.165, 1.54) is 25.9 Å². The lowest BCUT2D eigenvalue weighted by atomic mass is 9.81. The molecule has 1 saturated heterocycles. The lowest BCUT2D eigenvalue weighted by molar-refractivity contribution is 0.176. The number of hydrogen-bond acceptors (Lipinski definition) is 2. The van der Waals surface area contributed by atoms with Crippen molar-refractivity contribution >= 4 is 0 Å². The summed E-state index contributed by atoms with van der Waals surface area (Å²) in [6, 6.07) is 2.57. The molecule has 2 heteroatoms. The van der Waals surface area contributed by atoms with Crippen molar-refractivity contribution < 1.29 is 0 Å². The standard InChI is InChI=1S/C11H18N2/c1-9-7-11(9,8-12)10-3-5-13(2)6-4-10/h9-10H,3-7H2,1-2H3. The Morgan fingerprint density at radius 1 is 1.38 bits per heavy atom. The highest BCUT2D eigenvalue weighted by atomic mass is 15.1. The summed E-state index contributed by atoms with van der Waals surface area (Å²) in [5.74, 6) is 1.34. The van der Waals surface area contributed by atoms with E-state index in [1.54, 1.807) is 0 Å². The Balaban J connectivity index is 1.99. The van der Waals surface area contributed by atoms with Gasteiger partial charge in [0.2, 0.25) is 0 Å². The van der Waals surface area contributed by atoms with Crippen LogP contribution in [0.15, 0.2) is 0 Å². The van der Waals surface area contributed by atoms with Crippen molar-refractivity contribution in [3.05, 3.63) is 0 Å². The van der Waals surface area contributed by atoms with Crippen molar-refractivity contribution in [3.8, 4) is 6.07 Å². The predicted molar refractivity (Wildman–Crippen MR) is 52.0 cm³/mol. The molecule has 2 rings (SSSR count). The molecule has 13 heavy (non-hydrogen) atoms. The molecule has 0 amide bonds. The molecule has 2 aliphatic rings. The SMILES string of the molecule is CC1CC1(C#N)C1CCN(C)CC1. The van der Waals surface area contributed by atoms with Crippen molar-refractivity contribution in [2.75, 3.05) is 20.1 Å². The smallest absolute Gasteiger partial charge is 0.0695 e. The van der Waals surface area contributed by atoms with Crippen LogP contribution >= 0.6 is 0 Å². The number of piperidine rings is 1. The maximum absolute atomic E-state index is 9.18. The fourth-order valence-electron chi connectivity index (χ4n) is 2.79. The van der Waals surface area contributed by atoms with Gasteiger partial charge in [0, 0.05) is 0 Å². The minimum Gasteiger partial charge on any atom is -0.306 e. The van der Waals surface area contributed by atoms with E-state index >= 15 is 0 Å². The largest absolute Gasteiger partial charge is 0.306 e. The van der Waals surface area contributed by atoms with E-state index in [0.29, 0.717) is 11.8 Å². The highest BCUT2D eigenvalue weighted by molar-refractivity contribution is 5.17. The van der Waals surface area contributed by atoms with Gasteiger partial charge < -0.3 is 4.90 Å². The summed E-state index contributed by atoms with van der Waals surface area (Å²) >= 11 is 0. The van der Waals surface area contributed by atoms with Gasteiger partial charge in [-0.15, -0.1) is 0 Å². The van der Waals surface area contributed by atoms with Gasteiger partial charge in [0.1, 0.15) is 0 Å². The molecule has 0 spiro atoms. The quantitative estimate of drug-likeness (QED) is 0.613. The van der Waals surface area contributed by atoms with Gasteiger partial charge in [0.15, 0.2) is 0 Å². The van der Waals surface area contributed by atoms with Crippen LogP contribution in [0.1, 0.15) is 26.2 Å². The molecular formula is C11H18N2. The first-order valence-corrected chi connectivity index (χ1v) is 5.29. The summed E-state index contributed by atoms with van der Waals surface area (Å²) in [4.78, 5) is 2.37. The van der Waals surface area contributed by atoms with Crippen LogP contribution < -0.4 is 0 Å². The number of hydrogen-bond donors (Lipinski definition) is 0. The van der Waals surface area contributed by atoms with Crippen LogP contribution in [-0.4, -0.2) is 25.0 Å². The zero-order chi connectivity index (χ0) is 9.47. The van der Waals surface area contributed by atoms with Crippen molar-refractivity contribution in [3.63, 3.8) is 0 Å². The average molecular weight is 178 g/mol. The molecule has 2 nitrogen and oxygen atoms in total. The van der Waals surface area contributed by atoms with Gasteiger partial charge in [0.25, 0.3) is 0 Å². The molecule has 0 radical (unpaired) electrons. The molecule has 2 fully saturated rings. The molecule has 0 aromatic heterocycles. The molecule has 2 atom stereocenters. The van der Waals surface area contributed by atoms with Crippen LogP contribution in [0.4, 0.5) is 0 Å². The number of rotatable bonds is 1. The van der Waals surface area contributed by atoms with Crippen LogP contribution in [0.25, 0.3) is 0 Å². The Morgan fingerprint density at radius 3 is 2.31 bits per heavy atom. The van der Waals surface area contributed by atoms with Gasteiger partial charge in [-0.25, -0.2) is 0 Å². The fourth-order valence-corrected chi connectivity index (χ4v) is 2.79. The maximum atomic E-state index is 9.18. The van der Waals surface area contributed by atoms with E-state index < -0.39 is 0 Å². The first-order chi connectivity index (χ1) is 6.19. The van der Waals surface area contributed by atoms with E-state index in [2.05, 4.69) is 24.9 Å². The average Bonchev–Trinajstić information content (AvgIpc) is 2.79. The third-order valence-corrected chi connectivity index (χ3v) is 4.02. The first kappa shape index (κ1) is 9.02. The highest BCUT2D eigenvalue weighted by Gasteiger charge is 2.56. The molecule has 1 aliphatic heterocycles. The monoisotopic (exact) mass is 178 g/mol. The molecule has 72 valence electrons.